The van der Waals surface area contributed by atoms with Gasteiger partial charge in [0.2, 0.25) is 11.8 Å². The normalized spacial score (nSPS) is 47.1. The van der Waals surface area contributed by atoms with Gasteiger partial charge < -0.3 is 5.11 Å². The lowest BCUT2D eigenvalue weighted by molar-refractivity contribution is -0.154. The van der Waals surface area contributed by atoms with Crippen LogP contribution >= 0.6 is 0 Å². The van der Waals surface area contributed by atoms with Gasteiger partial charge in [-0.25, -0.2) is 4.79 Å². The molecule has 0 aromatic rings. The first-order valence-corrected chi connectivity index (χ1v) is 6.80. The predicted octanol–water partition coefficient (Wildman–Crippen LogP) is 0.513. The van der Waals surface area contributed by atoms with Crippen molar-refractivity contribution >= 4 is 17.8 Å². The number of carboxylic acid groups (broad SMARTS) is 1. The molecule has 19 heavy (non-hydrogen) atoms. The monoisotopic (exact) mass is 261 g/mol. The van der Waals surface area contributed by atoms with Crippen molar-refractivity contribution in [2.45, 2.75) is 19.4 Å². The van der Waals surface area contributed by atoms with Crippen molar-refractivity contribution in [1.82, 2.24) is 4.90 Å². The van der Waals surface area contributed by atoms with Gasteiger partial charge in [-0.15, -0.1) is 0 Å². The molecule has 3 fully saturated rings. The van der Waals surface area contributed by atoms with Crippen LogP contribution in [-0.2, 0) is 14.4 Å². The first kappa shape index (κ1) is 11.2. The Bertz CT molecular complexity index is 504. The van der Waals surface area contributed by atoms with Gasteiger partial charge in [0, 0.05) is 0 Å². The van der Waals surface area contributed by atoms with Gasteiger partial charge in [-0.1, -0.05) is 12.2 Å². The molecule has 1 aliphatic heterocycles. The first-order valence-electron chi connectivity index (χ1n) is 6.80. The van der Waals surface area contributed by atoms with Crippen LogP contribution in [0.5, 0.6) is 0 Å². The molecule has 1 saturated heterocycles. The topological polar surface area (TPSA) is 74.7 Å². The van der Waals surface area contributed by atoms with Gasteiger partial charge >= 0.3 is 5.97 Å². The van der Waals surface area contributed by atoms with E-state index in [4.69, 9.17) is 5.11 Å². The Hall–Kier alpha value is -1.65. The zero-order valence-electron chi connectivity index (χ0n) is 10.5. The van der Waals surface area contributed by atoms with Crippen molar-refractivity contribution < 1.29 is 19.5 Å². The van der Waals surface area contributed by atoms with Crippen LogP contribution in [-0.4, -0.2) is 33.8 Å². The van der Waals surface area contributed by atoms with Crippen LogP contribution in [0.15, 0.2) is 12.2 Å². The lowest BCUT2D eigenvalue weighted by Crippen LogP contribution is -2.43. The zero-order chi connectivity index (χ0) is 13.5. The Morgan fingerprint density at radius 1 is 1.21 bits per heavy atom. The maximum Gasteiger partial charge on any atom is 0.326 e. The third-order valence-electron chi connectivity index (χ3n) is 5.44. The fourth-order valence-corrected chi connectivity index (χ4v) is 4.47. The molecule has 7 atom stereocenters. The van der Waals surface area contributed by atoms with Gasteiger partial charge in [-0.05, 0) is 37.0 Å². The lowest BCUT2D eigenvalue weighted by atomic mass is 9.63. The number of nitrogens with zero attached hydrogens (tertiary/aromatic N) is 1. The SMILES string of the molecule is C[C@H](C(=O)O)N1C(=O)[C@@H]2[C@H]3C=C[C@@H]([C@@H]4C[C@H]34)[C@H]2C1=O. The van der Waals surface area contributed by atoms with Crippen molar-refractivity contribution in [3.63, 3.8) is 0 Å². The summed E-state index contributed by atoms with van der Waals surface area (Å²) in [5.41, 5.74) is 0. The van der Waals surface area contributed by atoms with E-state index in [1.165, 1.54) is 6.92 Å². The average Bonchev–Trinajstić information content (AvgIpc) is 3.14. The van der Waals surface area contributed by atoms with E-state index >= 15 is 0 Å². The number of carboxylic acids is 1. The summed E-state index contributed by atoms with van der Waals surface area (Å²) in [6.07, 6.45) is 5.28. The second-order valence-electron chi connectivity index (χ2n) is 6.22. The Kier molecular flexibility index (Phi) is 1.92. The summed E-state index contributed by atoms with van der Waals surface area (Å²) in [7, 11) is 0. The first-order chi connectivity index (χ1) is 9.02. The molecular formula is C14H15NO4. The highest BCUT2D eigenvalue weighted by Gasteiger charge is 2.67. The Morgan fingerprint density at radius 2 is 1.68 bits per heavy atom. The summed E-state index contributed by atoms with van der Waals surface area (Å²) in [5, 5.41) is 9.06. The van der Waals surface area contributed by atoms with E-state index in [2.05, 4.69) is 12.2 Å². The fraction of sp³-hybridized carbons (Fsp3) is 0.643. The molecule has 5 aliphatic rings. The van der Waals surface area contributed by atoms with Crippen LogP contribution in [0.4, 0.5) is 0 Å². The molecule has 0 spiro atoms. The number of imide groups is 1. The lowest BCUT2D eigenvalue weighted by Gasteiger charge is -2.37. The molecule has 2 bridgehead atoms. The predicted molar refractivity (Wildman–Crippen MR) is 63.6 cm³/mol. The van der Waals surface area contributed by atoms with Crippen molar-refractivity contribution in [2.75, 3.05) is 0 Å². The molecule has 4 aliphatic carbocycles. The maximum absolute atomic E-state index is 12.5. The summed E-state index contributed by atoms with van der Waals surface area (Å²) in [4.78, 5) is 37.0. The highest BCUT2D eigenvalue weighted by Crippen LogP contribution is 2.65. The Balaban J connectivity index is 1.74. The van der Waals surface area contributed by atoms with E-state index in [0.29, 0.717) is 11.8 Å². The summed E-state index contributed by atoms with van der Waals surface area (Å²) in [6, 6.07) is -1.05. The van der Waals surface area contributed by atoms with Crippen LogP contribution < -0.4 is 0 Å². The van der Waals surface area contributed by atoms with Gasteiger partial charge in [0.1, 0.15) is 6.04 Å². The zero-order valence-corrected chi connectivity index (χ0v) is 10.5. The molecule has 5 rings (SSSR count). The molecule has 2 saturated carbocycles. The molecule has 0 radical (unpaired) electrons. The van der Waals surface area contributed by atoms with Crippen LogP contribution in [0, 0.1) is 35.5 Å². The average molecular weight is 261 g/mol. The summed E-state index contributed by atoms with van der Waals surface area (Å²) in [5.74, 6) is -0.845. The highest BCUT2D eigenvalue weighted by atomic mass is 16.4. The van der Waals surface area contributed by atoms with Crippen molar-refractivity contribution in [3.8, 4) is 0 Å². The molecule has 100 valence electrons. The minimum absolute atomic E-state index is 0.155. The number of likely N-dealkylation sites (tertiary alicyclic amines) is 1. The maximum atomic E-state index is 12.5. The molecule has 1 heterocycles. The highest BCUT2D eigenvalue weighted by molar-refractivity contribution is 6.08. The van der Waals surface area contributed by atoms with E-state index in [1.54, 1.807) is 0 Å². The van der Waals surface area contributed by atoms with Crippen molar-refractivity contribution in [1.29, 1.82) is 0 Å². The number of carbonyl (C=O) groups is 3. The number of hydrogen-bond donors (Lipinski definition) is 1. The van der Waals surface area contributed by atoms with Crippen molar-refractivity contribution in [3.05, 3.63) is 12.2 Å². The van der Waals surface area contributed by atoms with Crippen molar-refractivity contribution in [2.24, 2.45) is 35.5 Å². The van der Waals surface area contributed by atoms with Gasteiger partial charge in [0.25, 0.3) is 0 Å². The molecule has 5 nitrogen and oxygen atoms in total. The molecule has 5 heteroatoms. The smallest absolute Gasteiger partial charge is 0.326 e. The third-order valence-corrected chi connectivity index (χ3v) is 5.44. The fourth-order valence-electron chi connectivity index (χ4n) is 4.47. The minimum atomic E-state index is -1.12. The van der Waals surface area contributed by atoms with E-state index in [1.807, 2.05) is 0 Å². The molecule has 2 amide bonds. The second kappa shape index (κ2) is 3.26. The van der Waals surface area contributed by atoms with Crippen LogP contribution in [0.3, 0.4) is 0 Å². The largest absolute Gasteiger partial charge is 0.480 e. The number of hydrogen-bond acceptors (Lipinski definition) is 3. The minimum Gasteiger partial charge on any atom is -0.480 e. The number of aliphatic carboxylic acids is 1. The Labute approximate surface area is 110 Å². The van der Waals surface area contributed by atoms with E-state index in [0.717, 1.165) is 11.3 Å². The number of allylic oxidation sites excluding steroid dienone is 2. The quantitative estimate of drug-likeness (QED) is 0.580. The molecule has 0 unspecified atom stereocenters. The number of rotatable bonds is 2. The second-order valence-corrected chi connectivity index (χ2v) is 6.22. The third kappa shape index (κ3) is 1.18. The summed E-state index contributed by atoms with van der Waals surface area (Å²) >= 11 is 0. The number of amides is 2. The number of carbonyl (C=O) groups excluding carboxylic acids is 2. The van der Waals surface area contributed by atoms with Crippen LogP contribution in [0.25, 0.3) is 0 Å². The van der Waals surface area contributed by atoms with E-state index in [9.17, 15) is 14.4 Å². The molecule has 1 N–H and O–H groups in total. The standard InChI is InChI=1S/C14H15NO4/c1-5(14(18)19)15-12(16)10-6-2-3-7(9-4-8(6)9)11(10)13(15)17/h2-3,5-11H,4H2,1H3,(H,18,19)/t5-,6+,7+,8-,9+,10-,11-/m1/s1. The molecule has 0 aromatic heterocycles. The van der Waals surface area contributed by atoms with Gasteiger partial charge in [0.15, 0.2) is 0 Å². The molecular weight excluding hydrogens is 246 g/mol. The van der Waals surface area contributed by atoms with E-state index in [-0.39, 0.29) is 35.5 Å². The Morgan fingerprint density at radius 3 is 2.11 bits per heavy atom. The van der Waals surface area contributed by atoms with E-state index < -0.39 is 12.0 Å². The van der Waals surface area contributed by atoms with Gasteiger partial charge in [0.05, 0.1) is 11.8 Å². The van der Waals surface area contributed by atoms with Crippen LogP contribution in [0.2, 0.25) is 0 Å². The van der Waals surface area contributed by atoms with Crippen LogP contribution in [0.1, 0.15) is 13.3 Å². The summed E-state index contributed by atoms with van der Waals surface area (Å²) in [6.45, 7) is 1.41. The van der Waals surface area contributed by atoms with Gasteiger partial charge in [-0.3, -0.25) is 14.5 Å². The van der Waals surface area contributed by atoms with Gasteiger partial charge in [-0.2, -0.15) is 0 Å². The summed E-state index contributed by atoms with van der Waals surface area (Å²) < 4.78 is 0. The molecule has 0 aromatic carbocycles.